The number of H-pyrrole nitrogens is 2. The molecule has 7 atom stereocenters. The number of guanidine groups is 1. The normalized spacial score (nSPS) is 20.8. The van der Waals surface area contributed by atoms with E-state index in [1.54, 1.807) is 48.7 Å². The second kappa shape index (κ2) is 31.4. The highest BCUT2D eigenvalue weighted by Crippen LogP contribution is 2.20. The van der Waals surface area contributed by atoms with E-state index in [1.165, 1.54) is 19.4 Å². The fraction of sp³-hybridized carbons (Fsp3) is 0.462. The number of aliphatic imine (C=N–C) groups is 1. The van der Waals surface area contributed by atoms with Gasteiger partial charge < -0.3 is 73.9 Å². The molecule has 0 unspecified atom stereocenters. The Labute approximate surface area is 455 Å². The number of carboxylic acids is 1. The maximum Gasteiger partial charge on any atom is 0.327 e. The van der Waals surface area contributed by atoms with E-state index in [0.717, 1.165) is 10.9 Å². The first-order valence-corrected chi connectivity index (χ1v) is 26.0. The number of unbranched alkanes of at least 4 members (excludes halogenated alkanes) is 1. The van der Waals surface area contributed by atoms with Crippen LogP contribution in [0.3, 0.4) is 0 Å². The predicted octanol–water partition coefficient (Wildman–Crippen LogP) is -1.60. The number of amides is 8. The molecule has 5 rings (SSSR count). The summed E-state index contributed by atoms with van der Waals surface area (Å²) >= 11 is 0. The van der Waals surface area contributed by atoms with Crippen molar-refractivity contribution in [3.8, 4) is 0 Å². The topological polar surface area (TPSA) is 417 Å². The summed E-state index contributed by atoms with van der Waals surface area (Å²) in [5.74, 6) is -9.27. The smallest absolute Gasteiger partial charge is 0.327 e. The van der Waals surface area contributed by atoms with Gasteiger partial charge in [-0.15, -0.1) is 0 Å². The van der Waals surface area contributed by atoms with Gasteiger partial charge in [-0.25, -0.2) is 4.98 Å². The number of benzene rings is 2. The lowest BCUT2D eigenvalue weighted by Gasteiger charge is -2.28. The molecule has 27 heteroatoms. The number of hydroxylamine groups is 1. The number of nitrogens with zero attached hydrogens (tertiary/aromatic N) is 2. The molecule has 4 aromatic rings. The second-order valence-corrected chi connectivity index (χ2v) is 18.9. The maximum atomic E-state index is 14.8. The Morgan fingerprint density at radius 2 is 1.46 bits per heavy atom. The number of carboxylic acid groups (broad SMARTS) is 1. The first kappa shape index (κ1) is 61.0. The number of aliphatic carboxylic acids is 1. The van der Waals surface area contributed by atoms with Gasteiger partial charge in [0.05, 0.1) is 12.7 Å². The van der Waals surface area contributed by atoms with Crippen LogP contribution in [-0.4, -0.2) is 147 Å². The third kappa shape index (κ3) is 20.5. The molecule has 1 aliphatic heterocycles. The number of imidazole rings is 1. The Morgan fingerprint density at radius 1 is 0.797 bits per heavy atom. The Kier molecular flexibility index (Phi) is 24.2. The molecule has 1 saturated heterocycles. The van der Waals surface area contributed by atoms with Crippen molar-refractivity contribution in [3.05, 3.63) is 90.1 Å². The van der Waals surface area contributed by atoms with Gasteiger partial charge in [-0.05, 0) is 55.7 Å². The van der Waals surface area contributed by atoms with Crippen molar-refractivity contribution >= 4 is 76.1 Å². The molecule has 27 nitrogen and oxygen atoms in total. The highest BCUT2D eigenvalue weighted by atomic mass is 16.7. The molecule has 8 amide bonds. The van der Waals surface area contributed by atoms with Crippen LogP contribution < -0.4 is 59.5 Å². The molecule has 2 aromatic carbocycles. The minimum Gasteiger partial charge on any atom is -0.480 e. The van der Waals surface area contributed by atoms with E-state index in [4.69, 9.17) is 16.3 Å². The van der Waals surface area contributed by atoms with E-state index < -0.39 is 114 Å². The zero-order valence-electron chi connectivity index (χ0n) is 44.1. The van der Waals surface area contributed by atoms with E-state index in [1.807, 2.05) is 19.1 Å². The summed E-state index contributed by atoms with van der Waals surface area (Å²) in [5, 5.41) is 31.0. The molecular formula is C52H71N15O12. The number of carbonyl (C=O) groups is 10. The van der Waals surface area contributed by atoms with Gasteiger partial charge in [0.15, 0.2) is 5.96 Å². The Bertz CT molecular complexity index is 2750. The molecule has 1 fully saturated rings. The van der Waals surface area contributed by atoms with E-state index in [-0.39, 0.29) is 76.8 Å². The summed E-state index contributed by atoms with van der Waals surface area (Å²) in [6.07, 6.45) is 4.78. The number of nitrogens with two attached hydrogens (primary N) is 2. The number of aromatic nitrogens is 3. The second-order valence-electron chi connectivity index (χ2n) is 18.9. The summed E-state index contributed by atoms with van der Waals surface area (Å²) in [6.45, 7) is 2.32. The number of para-hydroxylation sites is 1. The lowest BCUT2D eigenvalue weighted by molar-refractivity contribution is -0.153. The van der Waals surface area contributed by atoms with Gasteiger partial charge in [-0.3, -0.25) is 52.9 Å². The number of hydrogen-bond acceptors (Lipinski definition) is 14. The van der Waals surface area contributed by atoms with Crippen molar-refractivity contribution < 1.29 is 57.9 Å². The molecule has 426 valence electrons. The van der Waals surface area contributed by atoms with Crippen molar-refractivity contribution in [1.82, 2.24) is 63.0 Å². The summed E-state index contributed by atoms with van der Waals surface area (Å²) in [6, 6.07) is 5.82. The monoisotopic (exact) mass is 1100 g/mol. The lowest BCUT2D eigenvalue weighted by Crippen LogP contribution is -2.61. The molecular weight excluding hydrogens is 1030 g/mol. The number of carbonyl (C=O) groups excluding carboxylic acids is 9. The first-order chi connectivity index (χ1) is 37.9. The quantitative estimate of drug-likeness (QED) is 0.0286. The lowest BCUT2D eigenvalue weighted by atomic mass is 10.0. The van der Waals surface area contributed by atoms with Gasteiger partial charge in [-0.2, -0.15) is 5.48 Å². The van der Waals surface area contributed by atoms with Gasteiger partial charge in [0, 0.05) is 68.3 Å². The molecule has 16 N–H and O–H groups in total. The van der Waals surface area contributed by atoms with Crippen molar-refractivity contribution in [2.75, 3.05) is 19.6 Å². The minimum atomic E-state index is -1.70. The van der Waals surface area contributed by atoms with Crippen LogP contribution in [-0.2, 0) is 72.0 Å². The van der Waals surface area contributed by atoms with Crippen molar-refractivity contribution in [3.63, 3.8) is 0 Å². The van der Waals surface area contributed by atoms with Crippen LogP contribution in [0.1, 0.15) is 88.5 Å². The molecule has 0 radical (unpaired) electrons. The molecule has 1 aliphatic rings. The van der Waals surface area contributed by atoms with Gasteiger partial charge in [0.2, 0.25) is 47.3 Å². The average molecular weight is 1100 g/mol. The fourth-order valence-corrected chi connectivity index (χ4v) is 8.59. The average Bonchev–Trinajstić information content (AvgIpc) is 4.10. The molecule has 0 saturated carbocycles. The van der Waals surface area contributed by atoms with E-state index in [2.05, 4.69) is 68.0 Å². The van der Waals surface area contributed by atoms with Crippen LogP contribution in [0.2, 0.25) is 0 Å². The minimum absolute atomic E-state index is 0.0227. The van der Waals surface area contributed by atoms with E-state index >= 15 is 0 Å². The number of fused-ring (bicyclic) bond motifs is 1. The molecule has 0 bridgehead atoms. The molecule has 0 spiro atoms. The fourth-order valence-electron chi connectivity index (χ4n) is 8.59. The van der Waals surface area contributed by atoms with Crippen molar-refractivity contribution in [1.29, 1.82) is 0 Å². The summed E-state index contributed by atoms with van der Waals surface area (Å²) in [7, 11) is 0. The van der Waals surface area contributed by atoms with E-state index in [0.29, 0.717) is 29.7 Å². The van der Waals surface area contributed by atoms with Crippen LogP contribution >= 0.6 is 0 Å². The molecule has 79 heavy (non-hydrogen) atoms. The van der Waals surface area contributed by atoms with Crippen LogP contribution in [0.25, 0.3) is 10.9 Å². The number of nitrogens with one attached hydrogen (secondary N) is 11. The van der Waals surface area contributed by atoms with Crippen LogP contribution in [0.4, 0.5) is 0 Å². The summed E-state index contributed by atoms with van der Waals surface area (Å²) in [5.41, 5.74) is 15.9. The molecule has 0 aliphatic carbocycles. The van der Waals surface area contributed by atoms with Gasteiger partial charge in [0.25, 0.3) is 0 Å². The zero-order chi connectivity index (χ0) is 57.3. The van der Waals surface area contributed by atoms with Crippen molar-refractivity contribution in [2.24, 2.45) is 16.5 Å². The standard InChI is InChI=1S/C52H71N15O12/c1-3-4-16-37(61-30(2)68)46(73)67-42-25-44(71)79-60-21-11-10-18-36(45(72)58-28-43(69)70)62-49(76)40(23-32-26-57-35-17-9-8-15-34(32)35)65-47(74)38(19-12-20-56-52(53)54)63-48(75)39(22-31-13-6-5-7-14-31)64-50(77)41(66-51(42)78)24-33-27-55-29-59-33/h5-9,13-15,17,26-27,29,36-42,57,60H,3-4,10-12,16,18-25,28H2,1-2H3,(H,55,59)(H,58,72)(H,61,68)(H,62,76)(H,63,75)(H,64,77)(H,65,74)(H,66,78)(H,67,73)(H,69,70)(H4,53,54,56)/t36-,37-,38-,39+,40-,41-,42-/m0/s1. The first-order valence-electron chi connectivity index (χ1n) is 26.0. The highest BCUT2D eigenvalue weighted by molar-refractivity contribution is 5.99. The number of rotatable bonds is 19. The number of hydrogen-bond donors (Lipinski definition) is 14. The maximum absolute atomic E-state index is 14.8. The van der Waals surface area contributed by atoms with Crippen molar-refractivity contribution in [2.45, 2.75) is 133 Å². The Hall–Kier alpha value is -8.88. The summed E-state index contributed by atoms with van der Waals surface area (Å²) < 4.78 is 0. The SMILES string of the molecule is CCCC[C@H](NC(C)=O)C(=O)N[C@H]1CC(=O)ONCCCC[C@@H](C(=O)NCC(=O)O)NC(=O)[C@H](Cc2c[nH]c3ccccc23)NC(=O)[C@H](CCCN=C(N)N)NC(=O)[C@@H](Cc2ccccc2)NC(=O)[C@H](Cc2cnc[nH]2)NC1=O. The summed E-state index contributed by atoms with van der Waals surface area (Å²) in [4.78, 5) is 157. The predicted molar refractivity (Wildman–Crippen MR) is 286 cm³/mol. The molecule has 2 aromatic heterocycles. The highest BCUT2D eigenvalue weighted by Gasteiger charge is 2.36. The number of aromatic amines is 2. The van der Waals surface area contributed by atoms with Gasteiger partial charge in [-0.1, -0.05) is 68.3 Å². The van der Waals surface area contributed by atoms with E-state index in [9.17, 15) is 53.1 Å². The molecule has 3 heterocycles. The third-order valence-electron chi connectivity index (χ3n) is 12.6. The zero-order valence-corrected chi connectivity index (χ0v) is 44.1. The van der Waals surface area contributed by atoms with Crippen LogP contribution in [0.5, 0.6) is 0 Å². The third-order valence-corrected chi connectivity index (χ3v) is 12.6. The Balaban J connectivity index is 1.57. The Morgan fingerprint density at radius 3 is 2.14 bits per heavy atom. The largest absolute Gasteiger partial charge is 0.480 e. The van der Waals surface area contributed by atoms with Gasteiger partial charge >= 0.3 is 11.9 Å². The van der Waals surface area contributed by atoms with Crippen LogP contribution in [0.15, 0.2) is 78.3 Å². The van der Waals surface area contributed by atoms with Crippen LogP contribution in [0, 0.1) is 0 Å². The van der Waals surface area contributed by atoms with Gasteiger partial charge in [0.1, 0.15) is 48.8 Å².